The number of carbonyl (C=O) groups is 1. The minimum absolute atomic E-state index is 0.0602. The highest BCUT2D eigenvalue weighted by atomic mass is 35.5. The van der Waals surface area contributed by atoms with E-state index in [0.29, 0.717) is 23.2 Å². The molecule has 0 spiro atoms. The van der Waals surface area contributed by atoms with Crippen LogP contribution in [0.3, 0.4) is 0 Å². The van der Waals surface area contributed by atoms with Crippen LogP contribution in [0.4, 0.5) is 0 Å². The maximum Gasteiger partial charge on any atom is 0.343 e. The summed E-state index contributed by atoms with van der Waals surface area (Å²) in [6.45, 7) is 7.64. The molecule has 2 unspecified atom stereocenters. The largest absolute Gasteiger partial charge is 0.482 e. The average molecular weight is 420 g/mol. The van der Waals surface area contributed by atoms with Crippen molar-refractivity contribution in [3.63, 3.8) is 0 Å². The molecule has 1 N–H and O–H groups in total. The molecule has 0 radical (unpaired) electrons. The Balaban J connectivity index is 1.88. The van der Waals surface area contributed by atoms with Crippen LogP contribution >= 0.6 is 11.6 Å². The van der Waals surface area contributed by atoms with Gasteiger partial charge in [0, 0.05) is 18.1 Å². The van der Waals surface area contributed by atoms with Crippen molar-refractivity contribution in [2.75, 3.05) is 26.8 Å². The summed E-state index contributed by atoms with van der Waals surface area (Å²) in [5, 5.41) is 4.22. The van der Waals surface area contributed by atoms with Gasteiger partial charge in [-0.15, -0.1) is 0 Å². The zero-order valence-electron chi connectivity index (χ0n) is 17.5. The molecule has 0 heterocycles. The minimum Gasteiger partial charge on any atom is -0.482 e. The van der Waals surface area contributed by atoms with Crippen LogP contribution in [-0.2, 0) is 14.3 Å². The first-order valence-corrected chi connectivity index (χ1v) is 10.2. The smallest absolute Gasteiger partial charge is 0.343 e. The number of methoxy groups -OCH3 is 1. The van der Waals surface area contributed by atoms with Gasteiger partial charge >= 0.3 is 5.97 Å². The molecular formula is C23H30ClNO4. The van der Waals surface area contributed by atoms with Crippen molar-refractivity contribution in [3.8, 4) is 5.75 Å². The average Bonchev–Trinajstić information content (AvgIpc) is 2.71. The predicted octanol–water partition coefficient (Wildman–Crippen LogP) is 4.75. The molecule has 0 saturated heterocycles. The second kappa shape index (κ2) is 11.8. The van der Waals surface area contributed by atoms with Gasteiger partial charge in [0.05, 0.1) is 19.3 Å². The van der Waals surface area contributed by atoms with Crippen LogP contribution in [0.2, 0.25) is 5.02 Å². The molecule has 0 fully saturated rings. The van der Waals surface area contributed by atoms with E-state index in [0.717, 1.165) is 12.1 Å². The SMILES string of the molecule is COC(=O)COc1ccc(C(C)CNCC(OC(C)C)c2cccc(Cl)c2)cc1. The number of benzene rings is 2. The lowest BCUT2D eigenvalue weighted by Crippen LogP contribution is -2.28. The lowest BCUT2D eigenvalue weighted by Gasteiger charge is -2.23. The van der Waals surface area contributed by atoms with E-state index >= 15 is 0 Å². The molecule has 2 aromatic rings. The second-order valence-corrected chi connectivity index (χ2v) is 7.66. The third kappa shape index (κ3) is 8.05. The first-order chi connectivity index (χ1) is 13.9. The first kappa shape index (κ1) is 23.2. The van der Waals surface area contributed by atoms with Gasteiger partial charge in [0.15, 0.2) is 6.61 Å². The lowest BCUT2D eigenvalue weighted by atomic mass is 10.0. The van der Waals surface area contributed by atoms with Gasteiger partial charge < -0.3 is 19.5 Å². The van der Waals surface area contributed by atoms with Gasteiger partial charge in [0.25, 0.3) is 0 Å². The summed E-state index contributed by atoms with van der Waals surface area (Å²) in [4.78, 5) is 11.1. The van der Waals surface area contributed by atoms with E-state index in [4.69, 9.17) is 21.1 Å². The Labute approximate surface area is 178 Å². The molecular weight excluding hydrogens is 390 g/mol. The highest BCUT2D eigenvalue weighted by Crippen LogP contribution is 2.23. The van der Waals surface area contributed by atoms with Gasteiger partial charge in [0.1, 0.15) is 5.75 Å². The molecule has 0 aliphatic heterocycles. The molecule has 0 aliphatic rings. The zero-order chi connectivity index (χ0) is 21.2. The van der Waals surface area contributed by atoms with Crippen LogP contribution in [0, 0.1) is 0 Å². The molecule has 0 bridgehead atoms. The van der Waals surface area contributed by atoms with Gasteiger partial charge in [-0.05, 0) is 55.2 Å². The maximum atomic E-state index is 11.1. The fourth-order valence-corrected chi connectivity index (χ4v) is 3.12. The van der Waals surface area contributed by atoms with E-state index in [-0.39, 0.29) is 18.8 Å². The quantitative estimate of drug-likeness (QED) is 0.532. The number of hydrogen-bond donors (Lipinski definition) is 1. The number of nitrogens with one attached hydrogen (secondary N) is 1. The summed E-state index contributed by atoms with van der Waals surface area (Å²) in [6, 6.07) is 15.6. The fraction of sp³-hybridized carbons (Fsp3) is 0.435. The Morgan fingerprint density at radius 3 is 2.38 bits per heavy atom. The fourth-order valence-electron chi connectivity index (χ4n) is 2.92. The Hall–Kier alpha value is -2.08. The van der Waals surface area contributed by atoms with Crippen LogP contribution in [0.5, 0.6) is 5.75 Å². The van der Waals surface area contributed by atoms with Gasteiger partial charge in [0.2, 0.25) is 0 Å². The topological polar surface area (TPSA) is 56.8 Å². The van der Waals surface area contributed by atoms with Crippen molar-refractivity contribution in [2.24, 2.45) is 0 Å². The van der Waals surface area contributed by atoms with E-state index in [1.807, 2.05) is 62.4 Å². The summed E-state index contributed by atoms with van der Waals surface area (Å²) in [7, 11) is 1.34. The molecule has 0 aliphatic carbocycles. The number of halogens is 1. The molecule has 0 aromatic heterocycles. The van der Waals surface area contributed by atoms with Gasteiger partial charge in [-0.3, -0.25) is 0 Å². The number of hydrogen-bond acceptors (Lipinski definition) is 5. The maximum absolute atomic E-state index is 11.1. The summed E-state index contributed by atoms with van der Waals surface area (Å²) >= 11 is 6.14. The van der Waals surface area contributed by atoms with E-state index in [9.17, 15) is 4.79 Å². The Morgan fingerprint density at radius 1 is 1.03 bits per heavy atom. The van der Waals surface area contributed by atoms with Crippen molar-refractivity contribution in [1.29, 1.82) is 0 Å². The van der Waals surface area contributed by atoms with Gasteiger partial charge in [-0.1, -0.05) is 42.8 Å². The second-order valence-electron chi connectivity index (χ2n) is 7.22. The van der Waals surface area contributed by atoms with E-state index in [1.54, 1.807) is 0 Å². The Morgan fingerprint density at radius 2 is 1.76 bits per heavy atom. The first-order valence-electron chi connectivity index (χ1n) is 9.80. The highest BCUT2D eigenvalue weighted by Gasteiger charge is 2.15. The van der Waals surface area contributed by atoms with E-state index < -0.39 is 5.97 Å². The van der Waals surface area contributed by atoms with Crippen molar-refractivity contribution in [1.82, 2.24) is 5.32 Å². The number of carbonyl (C=O) groups excluding carboxylic acids is 1. The number of esters is 1. The summed E-state index contributed by atoms with van der Waals surface area (Å²) in [5.74, 6) is 0.555. The van der Waals surface area contributed by atoms with Crippen LogP contribution in [-0.4, -0.2) is 38.9 Å². The zero-order valence-corrected chi connectivity index (χ0v) is 18.2. The van der Waals surface area contributed by atoms with E-state index in [2.05, 4.69) is 17.0 Å². The van der Waals surface area contributed by atoms with Crippen molar-refractivity contribution >= 4 is 17.6 Å². The normalized spacial score (nSPS) is 13.2. The monoisotopic (exact) mass is 419 g/mol. The number of ether oxygens (including phenoxy) is 3. The molecule has 2 aromatic carbocycles. The molecule has 5 nitrogen and oxygen atoms in total. The summed E-state index contributed by atoms with van der Waals surface area (Å²) in [5.41, 5.74) is 2.26. The lowest BCUT2D eigenvalue weighted by molar-refractivity contribution is -0.142. The van der Waals surface area contributed by atoms with Crippen molar-refractivity contribution in [2.45, 2.75) is 38.9 Å². The van der Waals surface area contributed by atoms with Crippen LogP contribution in [0.1, 0.15) is 43.9 Å². The predicted molar refractivity (Wildman–Crippen MR) is 116 cm³/mol. The third-order valence-corrected chi connectivity index (χ3v) is 4.71. The van der Waals surface area contributed by atoms with Gasteiger partial charge in [-0.25, -0.2) is 4.79 Å². The Bertz CT molecular complexity index is 764. The van der Waals surface area contributed by atoms with Crippen molar-refractivity contribution in [3.05, 3.63) is 64.7 Å². The standard InChI is InChI=1S/C23H30ClNO4/c1-16(2)29-22(19-6-5-7-20(24)12-19)14-25-13-17(3)18-8-10-21(11-9-18)28-15-23(26)27-4/h5-12,16-17,22,25H,13-15H2,1-4H3. The van der Waals surface area contributed by atoms with Crippen LogP contribution in [0.15, 0.2) is 48.5 Å². The summed E-state index contributed by atoms with van der Waals surface area (Å²) < 4.78 is 16.0. The van der Waals surface area contributed by atoms with Gasteiger partial charge in [-0.2, -0.15) is 0 Å². The number of rotatable bonds is 11. The molecule has 2 rings (SSSR count). The summed E-state index contributed by atoms with van der Waals surface area (Å²) in [6.07, 6.45) is 0.0609. The third-order valence-electron chi connectivity index (χ3n) is 4.47. The van der Waals surface area contributed by atoms with Crippen molar-refractivity contribution < 1.29 is 19.0 Å². The minimum atomic E-state index is -0.399. The molecule has 0 saturated carbocycles. The molecule has 0 amide bonds. The van der Waals surface area contributed by atoms with Crippen LogP contribution in [0.25, 0.3) is 0 Å². The molecule has 158 valence electrons. The van der Waals surface area contributed by atoms with E-state index in [1.165, 1.54) is 12.7 Å². The molecule has 29 heavy (non-hydrogen) atoms. The highest BCUT2D eigenvalue weighted by molar-refractivity contribution is 6.30. The Kier molecular flexibility index (Phi) is 9.45. The van der Waals surface area contributed by atoms with Crippen LogP contribution < -0.4 is 10.1 Å². The molecule has 2 atom stereocenters. The molecule has 6 heteroatoms.